The number of likely N-dealkylation sites (N-methyl/N-ethyl adjacent to an activating group) is 1. The highest BCUT2D eigenvalue weighted by Crippen LogP contribution is 2.42. The van der Waals surface area contributed by atoms with Crippen LogP contribution in [0.4, 0.5) is 8.78 Å². The summed E-state index contributed by atoms with van der Waals surface area (Å²) in [7, 11) is 4.00. The van der Waals surface area contributed by atoms with Crippen LogP contribution in [0.25, 0.3) is 0 Å². The third-order valence-electron chi connectivity index (χ3n) is 6.36. The molecule has 3 fully saturated rings. The van der Waals surface area contributed by atoms with Crippen molar-refractivity contribution in [2.75, 3.05) is 33.7 Å². The zero-order valence-electron chi connectivity index (χ0n) is 16.3. The normalized spacial score (nSPS) is 30.1. The lowest BCUT2D eigenvalue weighted by molar-refractivity contribution is -0.152. The molecule has 1 aromatic rings. The Kier molecular flexibility index (Phi) is 5.11. The molecule has 0 saturated carbocycles. The second-order valence-electron chi connectivity index (χ2n) is 8.51. The number of hydrogen-bond donors (Lipinski definition) is 0. The van der Waals surface area contributed by atoms with E-state index in [1.54, 1.807) is 4.90 Å². The number of aromatic nitrogens is 2. The molecule has 2 amide bonds. The third kappa shape index (κ3) is 3.40. The highest BCUT2D eigenvalue weighted by Gasteiger charge is 2.50. The Hall–Kier alpha value is -2.03. The maximum atomic E-state index is 12.9. The molecule has 4 heterocycles. The molecule has 0 N–H and O–H groups in total. The first-order valence-corrected chi connectivity index (χ1v) is 9.93. The minimum Gasteiger partial charge on any atom is -0.337 e. The fourth-order valence-corrected chi connectivity index (χ4v) is 5.27. The average molecular weight is 395 g/mol. The van der Waals surface area contributed by atoms with Crippen molar-refractivity contribution in [3.63, 3.8) is 0 Å². The minimum absolute atomic E-state index is 0.0565. The molecule has 4 atom stereocenters. The summed E-state index contributed by atoms with van der Waals surface area (Å²) in [5.41, 5.74) is 0.0565. The molecule has 3 aliphatic heterocycles. The number of piperidine rings is 3. The quantitative estimate of drug-likeness (QED) is 0.778. The Labute approximate surface area is 163 Å². The van der Waals surface area contributed by atoms with Crippen LogP contribution in [-0.4, -0.2) is 82.1 Å². The van der Waals surface area contributed by atoms with Gasteiger partial charge >= 0.3 is 6.55 Å². The monoisotopic (exact) mass is 395 g/mol. The van der Waals surface area contributed by atoms with E-state index in [0.29, 0.717) is 24.2 Å². The molecular weight excluding hydrogens is 368 g/mol. The number of hydrogen-bond acceptors (Lipinski definition) is 4. The summed E-state index contributed by atoms with van der Waals surface area (Å²) in [5.74, 6) is 0.365. The minimum atomic E-state index is -2.76. The zero-order chi connectivity index (χ0) is 20.0. The molecule has 28 heavy (non-hydrogen) atoms. The smallest absolute Gasteiger partial charge is 0.333 e. The molecule has 0 unspecified atom stereocenters. The van der Waals surface area contributed by atoms with Gasteiger partial charge in [0.2, 0.25) is 5.91 Å². The maximum absolute atomic E-state index is 12.9. The highest BCUT2D eigenvalue weighted by molar-refractivity contribution is 5.92. The van der Waals surface area contributed by atoms with Gasteiger partial charge in [0.1, 0.15) is 0 Å². The highest BCUT2D eigenvalue weighted by atomic mass is 19.3. The molecule has 7 nitrogen and oxygen atoms in total. The van der Waals surface area contributed by atoms with E-state index in [1.807, 2.05) is 14.1 Å². The molecule has 3 aliphatic rings. The van der Waals surface area contributed by atoms with Gasteiger partial charge in [0.25, 0.3) is 5.91 Å². The maximum Gasteiger partial charge on any atom is 0.333 e. The predicted octanol–water partition coefficient (Wildman–Crippen LogP) is 1.68. The second kappa shape index (κ2) is 7.42. The number of nitrogens with zero attached hydrogens (tertiary/aromatic N) is 5. The van der Waals surface area contributed by atoms with Gasteiger partial charge in [-0.2, -0.15) is 13.9 Å². The van der Waals surface area contributed by atoms with E-state index >= 15 is 0 Å². The van der Waals surface area contributed by atoms with E-state index in [2.05, 4.69) is 14.9 Å². The molecule has 1 aromatic heterocycles. The fourth-order valence-electron chi connectivity index (χ4n) is 5.27. The van der Waals surface area contributed by atoms with Gasteiger partial charge in [-0.3, -0.25) is 9.59 Å². The molecular formula is C19H27F2N5O2. The van der Waals surface area contributed by atoms with Crippen molar-refractivity contribution in [2.45, 2.75) is 44.3 Å². The zero-order valence-corrected chi connectivity index (χ0v) is 16.3. The summed E-state index contributed by atoms with van der Waals surface area (Å²) in [4.78, 5) is 31.6. The Morgan fingerprint density at radius 1 is 1.32 bits per heavy atom. The van der Waals surface area contributed by atoms with E-state index in [-0.39, 0.29) is 41.4 Å². The van der Waals surface area contributed by atoms with Gasteiger partial charge in [-0.1, -0.05) is 0 Å². The summed E-state index contributed by atoms with van der Waals surface area (Å²) < 4.78 is 26.1. The number of carbonyl (C=O) groups is 2. The van der Waals surface area contributed by atoms with Crippen molar-refractivity contribution in [3.8, 4) is 0 Å². The first kappa shape index (κ1) is 19.3. The lowest BCUT2D eigenvalue weighted by atomic mass is 9.72. The molecule has 0 radical (unpaired) electrons. The molecule has 3 saturated heterocycles. The van der Waals surface area contributed by atoms with Gasteiger partial charge in [-0.25, -0.2) is 4.68 Å². The third-order valence-corrected chi connectivity index (χ3v) is 6.36. The Bertz CT molecular complexity index is 752. The van der Waals surface area contributed by atoms with Gasteiger partial charge in [-0.05, 0) is 51.3 Å². The van der Waals surface area contributed by atoms with Crippen molar-refractivity contribution in [1.29, 1.82) is 0 Å². The Morgan fingerprint density at radius 3 is 2.75 bits per heavy atom. The lowest BCUT2D eigenvalue weighted by Crippen LogP contribution is -2.67. The lowest BCUT2D eigenvalue weighted by Gasteiger charge is -2.57. The van der Waals surface area contributed by atoms with Crippen LogP contribution in [0.2, 0.25) is 0 Å². The molecule has 0 spiro atoms. The number of halogens is 2. The number of likely N-dealkylation sites (tertiary alicyclic amines) is 1. The first-order valence-electron chi connectivity index (χ1n) is 9.93. The van der Waals surface area contributed by atoms with Crippen molar-refractivity contribution >= 4 is 11.8 Å². The molecule has 0 aliphatic carbocycles. The van der Waals surface area contributed by atoms with E-state index in [1.165, 1.54) is 6.07 Å². The largest absolute Gasteiger partial charge is 0.337 e. The van der Waals surface area contributed by atoms with Crippen LogP contribution in [0.15, 0.2) is 12.3 Å². The Morgan fingerprint density at radius 2 is 2.07 bits per heavy atom. The molecule has 4 rings (SSSR count). The van der Waals surface area contributed by atoms with Crippen LogP contribution in [-0.2, 0) is 4.79 Å². The van der Waals surface area contributed by atoms with Crippen molar-refractivity contribution in [3.05, 3.63) is 18.0 Å². The number of rotatable bonds is 4. The van der Waals surface area contributed by atoms with E-state index in [0.717, 1.165) is 32.0 Å². The van der Waals surface area contributed by atoms with Gasteiger partial charge in [0.15, 0.2) is 5.69 Å². The molecule has 2 bridgehead atoms. The van der Waals surface area contributed by atoms with Crippen LogP contribution in [0, 0.1) is 11.8 Å². The predicted molar refractivity (Wildman–Crippen MR) is 97.8 cm³/mol. The van der Waals surface area contributed by atoms with Gasteiger partial charge in [-0.15, -0.1) is 0 Å². The van der Waals surface area contributed by atoms with Crippen LogP contribution in [0.5, 0.6) is 0 Å². The topological polar surface area (TPSA) is 61.7 Å². The van der Waals surface area contributed by atoms with Crippen molar-refractivity contribution in [1.82, 2.24) is 24.5 Å². The second-order valence-corrected chi connectivity index (χ2v) is 8.51. The average Bonchev–Trinajstić information content (AvgIpc) is 3.15. The van der Waals surface area contributed by atoms with Crippen LogP contribution >= 0.6 is 0 Å². The van der Waals surface area contributed by atoms with E-state index < -0.39 is 6.55 Å². The van der Waals surface area contributed by atoms with Crippen LogP contribution in [0.1, 0.15) is 42.7 Å². The summed E-state index contributed by atoms with van der Waals surface area (Å²) in [6, 6.07) is 1.60. The molecule has 0 aromatic carbocycles. The SMILES string of the molecule is CN(C)C[C@H]1[C@H]2C[C@H](CN(C(=O)c3ccn(C(F)F)n3)C2)[C@@H]2CCCC(=O)N21. The summed E-state index contributed by atoms with van der Waals surface area (Å²) >= 11 is 0. The number of amides is 2. The molecule has 154 valence electrons. The summed E-state index contributed by atoms with van der Waals surface area (Å²) in [6.07, 6.45) is 4.60. The summed E-state index contributed by atoms with van der Waals surface area (Å²) in [6.45, 7) is -0.901. The standard InChI is InChI=1S/C19H27F2N5O2/c1-23(2)11-16-13-8-12(15-4-3-5-17(27)26(15)16)9-24(10-13)18(28)14-6-7-25(22-14)19(20)21/h6-7,12-13,15-16,19H,3-5,8-11H2,1-2H3/t12-,13+,15+,16+/m1/s1. The van der Waals surface area contributed by atoms with Gasteiger partial charge in [0, 0.05) is 44.3 Å². The summed E-state index contributed by atoms with van der Waals surface area (Å²) in [5, 5.41) is 3.74. The number of fused-ring (bicyclic) bond motifs is 4. The van der Waals surface area contributed by atoms with Crippen molar-refractivity contribution in [2.24, 2.45) is 11.8 Å². The van der Waals surface area contributed by atoms with Gasteiger partial charge < -0.3 is 14.7 Å². The number of carbonyl (C=O) groups excluding carboxylic acids is 2. The van der Waals surface area contributed by atoms with E-state index in [4.69, 9.17) is 0 Å². The van der Waals surface area contributed by atoms with Crippen LogP contribution < -0.4 is 0 Å². The van der Waals surface area contributed by atoms with Crippen molar-refractivity contribution < 1.29 is 18.4 Å². The fraction of sp³-hybridized carbons (Fsp3) is 0.737. The van der Waals surface area contributed by atoms with Gasteiger partial charge in [0.05, 0.1) is 0 Å². The van der Waals surface area contributed by atoms with Crippen LogP contribution in [0.3, 0.4) is 0 Å². The Balaban J connectivity index is 1.57. The first-order chi connectivity index (χ1) is 13.3. The van der Waals surface area contributed by atoms with E-state index in [9.17, 15) is 18.4 Å². The number of alkyl halides is 2. The molecule has 9 heteroatoms.